The molecule has 0 unspecified atom stereocenters. The van der Waals surface area contributed by atoms with Crippen LogP contribution in [0.15, 0.2) is 18.2 Å². The maximum absolute atomic E-state index is 12.0. The summed E-state index contributed by atoms with van der Waals surface area (Å²) < 4.78 is 10.4. The number of hydrogen-bond donors (Lipinski definition) is 1. The zero-order chi connectivity index (χ0) is 15.0. The van der Waals surface area contributed by atoms with Gasteiger partial charge in [-0.1, -0.05) is 0 Å². The van der Waals surface area contributed by atoms with Crippen molar-refractivity contribution in [2.24, 2.45) is 0 Å². The Labute approximate surface area is 120 Å². The number of aliphatic hydroxyl groups is 1. The molecule has 0 saturated heterocycles. The van der Waals surface area contributed by atoms with E-state index in [9.17, 15) is 4.79 Å². The number of aliphatic hydroxyl groups excluding tert-OH is 1. The fourth-order valence-electron chi connectivity index (χ4n) is 2.00. The Morgan fingerprint density at radius 3 is 2.25 bits per heavy atom. The first kappa shape index (κ1) is 16.3. The number of rotatable bonds is 8. The molecule has 5 heteroatoms. The minimum absolute atomic E-state index is 0.00738. The summed E-state index contributed by atoms with van der Waals surface area (Å²) in [6, 6.07) is 5.60. The first-order chi connectivity index (χ1) is 9.64. The van der Waals surface area contributed by atoms with Gasteiger partial charge in [0, 0.05) is 25.6 Å². The summed E-state index contributed by atoms with van der Waals surface area (Å²) in [5, 5.41) is 8.91. The number of carbonyl (C=O) groups is 1. The molecule has 0 radical (unpaired) electrons. The number of likely N-dealkylation sites (N-methyl/N-ethyl adjacent to an activating group) is 1. The molecular formula is C15H23NO4. The van der Waals surface area contributed by atoms with Crippen molar-refractivity contribution in [3.05, 3.63) is 23.8 Å². The van der Waals surface area contributed by atoms with Gasteiger partial charge >= 0.3 is 0 Å². The number of benzene rings is 1. The second kappa shape index (κ2) is 8.43. The van der Waals surface area contributed by atoms with Crippen molar-refractivity contribution in [2.75, 3.05) is 33.9 Å². The summed E-state index contributed by atoms with van der Waals surface area (Å²) >= 11 is 0. The van der Waals surface area contributed by atoms with Gasteiger partial charge in [0.25, 0.3) is 0 Å². The average Bonchev–Trinajstić information content (AvgIpc) is 2.49. The molecule has 1 rings (SSSR count). The van der Waals surface area contributed by atoms with Crippen molar-refractivity contribution < 1.29 is 19.4 Å². The largest absolute Gasteiger partial charge is 0.497 e. The Morgan fingerprint density at radius 1 is 1.20 bits per heavy atom. The summed E-state index contributed by atoms with van der Waals surface area (Å²) in [7, 11) is 3.20. The number of nitrogens with zero attached hydrogens (tertiary/aromatic N) is 1. The van der Waals surface area contributed by atoms with Gasteiger partial charge in [0.2, 0.25) is 5.91 Å². The third kappa shape index (κ3) is 4.74. The second-order valence-corrected chi connectivity index (χ2v) is 4.42. The van der Waals surface area contributed by atoms with Crippen LogP contribution in [-0.2, 0) is 11.2 Å². The molecule has 112 valence electrons. The predicted molar refractivity (Wildman–Crippen MR) is 77.2 cm³/mol. The lowest BCUT2D eigenvalue weighted by Crippen LogP contribution is -2.33. The van der Waals surface area contributed by atoms with Crippen LogP contribution >= 0.6 is 0 Å². The Hall–Kier alpha value is -1.75. The molecule has 0 fully saturated rings. The smallest absolute Gasteiger partial charge is 0.222 e. The van der Waals surface area contributed by atoms with Crippen molar-refractivity contribution in [2.45, 2.75) is 19.8 Å². The molecule has 0 aromatic heterocycles. The van der Waals surface area contributed by atoms with E-state index in [-0.39, 0.29) is 12.5 Å². The van der Waals surface area contributed by atoms with E-state index < -0.39 is 0 Å². The van der Waals surface area contributed by atoms with Crippen LogP contribution in [0.2, 0.25) is 0 Å². The minimum atomic E-state index is -0.00738. The molecule has 0 saturated carbocycles. The van der Waals surface area contributed by atoms with Crippen LogP contribution in [0.4, 0.5) is 0 Å². The van der Waals surface area contributed by atoms with Crippen molar-refractivity contribution in [1.29, 1.82) is 0 Å². The van der Waals surface area contributed by atoms with Crippen molar-refractivity contribution in [1.82, 2.24) is 4.90 Å². The summed E-state index contributed by atoms with van der Waals surface area (Å²) in [4.78, 5) is 13.6. The fraction of sp³-hybridized carbons (Fsp3) is 0.533. The van der Waals surface area contributed by atoms with Crippen LogP contribution in [0.3, 0.4) is 0 Å². The van der Waals surface area contributed by atoms with Crippen LogP contribution in [0.1, 0.15) is 18.9 Å². The maximum atomic E-state index is 12.0. The van der Waals surface area contributed by atoms with Crippen molar-refractivity contribution >= 4 is 5.91 Å². The molecule has 1 aromatic rings. The van der Waals surface area contributed by atoms with Gasteiger partial charge in [-0.3, -0.25) is 4.79 Å². The monoisotopic (exact) mass is 281 g/mol. The minimum Gasteiger partial charge on any atom is -0.497 e. The second-order valence-electron chi connectivity index (χ2n) is 4.42. The Bertz CT molecular complexity index is 412. The normalized spacial score (nSPS) is 10.2. The topological polar surface area (TPSA) is 59.0 Å². The van der Waals surface area contributed by atoms with E-state index in [2.05, 4.69) is 0 Å². The molecule has 1 amide bonds. The molecule has 1 N–H and O–H groups in total. The highest BCUT2D eigenvalue weighted by Crippen LogP contribution is 2.23. The highest BCUT2D eigenvalue weighted by atomic mass is 16.5. The van der Waals surface area contributed by atoms with Crippen LogP contribution in [0, 0.1) is 0 Å². The predicted octanol–water partition coefficient (Wildman–Crippen LogP) is 1.48. The SMILES string of the molecule is CCN(CCO)C(=O)CCc1cc(OC)cc(OC)c1. The average molecular weight is 281 g/mol. The van der Waals surface area contributed by atoms with E-state index in [1.165, 1.54) is 0 Å². The number of amides is 1. The number of methoxy groups -OCH3 is 2. The lowest BCUT2D eigenvalue weighted by molar-refractivity contribution is -0.131. The summed E-state index contributed by atoms with van der Waals surface area (Å²) in [6.07, 6.45) is 1.03. The van der Waals surface area contributed by atoms with Gasteiger partial charge in [0.05, 0.1) is 20.8 Å². The van der Waals surface area contributed by atoms with E-state index in [0.717, 1.165) is 17.1 Å². The zero-order valence-electron chi connectivity index (χ0n) is 12.4. The summed E-state index contributed by atoms with van der Waals surface area (Å²) in [5.74, 6) is 1.48. The highest BCUT2D eigenvalue weighted by Gasteiger charge is 2.11. The van der Waals surface area contributed by atoms with Gasteiger partial charge in [-0.15, -0.1) is 0 Å². The molecule has 20 heavy (non-hydrogen) atoms. The van der Waals surface area contributed by atoms with Crippen molar-refractivity contribution in [3.8, 4) is 11.5 Å². The van der Waals surface area contributed by atoms with E-state index in [1.54, 1.807) is 25.2 Å². The standard InChI is InChI=1S/C15H23NO4/c1-4-16(7-8-17)15(18)6-5-12-9-13(19-2)11-14(10-12)20-3/h9-11,17H,4-8H2,1-3H3. The third-order valence-electron chi connectivity index (χ3n) is 3.14. The van der Waals surface area contributed by atoms with Crippen molar-refractivity contribution in [3.63, 3.8) is 0 Å². The number of ether oxygens (including phenoxy) is 2. The van der Waals surface area contributed by atoms with Gasteiger partial charge in [0.1, 0.15) is 11.5 Å². The summed E-state index contributed by atoms with van der Waals surface area (Å²) in [5.41, 5.74) is 0.995. The summed E-state index contributed by atoms with van der Waals surface area (Å²) in [6.45, 7) is 2.90. The van der Waals surface area contributed by atoms with E-state index in [0.29, 0.717) is 25.9 Å². The van der Waals surface area contributed by atoms with E-state index >= 15 is 0 Å². The van der Waals surface area contributed by atoms with Gasteiger partial charge in [-0.05, 0) is 31.0 Å². The Kier molecular flexibility index (Phi) is 6.87. The zero-order valence-corrected chi connectivity index (χ0v) is 12.4. The lowest BCUT2D eigenvalue weighted by atomic mass is 10.1. The van der Waals surface area contributed by atoms with Crippen LogP contribution in [0.5, 0.6) is 11.5 Å². The Balaban J connectivity index is 2.66. The highest BCUT2D eigenvalue weighted by molar-refractivity contribution is 5.76. The number of carbonyl (C=O) groups excluding carboxylic acids is 1. The molecule has 0 aliphatic carbocycles. The molecule has 0 spiro atoms. The van der Waals surface area contributed by atoms with Crippen LogP contribution in [-0.4, -0.2) is 49.8 Å². The third-order valence-corrected chi connectivity index (χ3v) is 3.14. The van der Waals surface area contributed by atoms with Gasteiger partial charge in [-0.25, -0.2) is 0 Å². The van der Waals surface area contributed by atoms with Gasteiger partial charge in [0.15, 0.2) is 0 Å². The molecule has 5 nitrogen and oxygen atoms in total. The van der Waals surface area contributed by atoms with E-state index in [4.69, 9.17) is 14.6 Å². The van der Waals surface area contributed by atoms with Crippen LogP contribution < -0.4 is 9.47 Å². The Morgan fingerprint density at radius 2 is 1.80 bits per heavy atom. The molecule has 0 aliphatic rings. The maximum Gasteiger partial charge on any atom is 0.222 e. The lowest BCUT2D eigenvalue weighted by Gasteiger charge is -2.19. The number of aryl methyl sites for hydroxylation is 1. The molecule has 0 bridgehead atoms. The molecular weight excluding hydrogens is 258 g/mol. The fourth-order valence-corrected chi connectivity index (χ4v) is 2.00. The molecule has 1 aromatic carbocycles. The first-order valence-corrected chi connectivity index (χ1v) is 6.75. The van der Waals surface area contributed by atoms with Crippen LogP contribution in [0.25, 0.3) is 0 Å². The van der Waals surface area contributed by atoms with E-state index in [1.807, 2.05) is 19.1 Å². The van der Waals surface area contributed by atoms with Gasteiger partial charge < -0.3 is 19.5 Å². The van der Waals surface area contributed by atoms with Gasteiger partial charge in [-0.2, -0.15) is 0 Å². The molecule has 0 atom stereocenters. The first-order valence-electron chi connectivity index (χ1n) is 6.75. The quantitative estimate of drug-likeness (QED) is 0.784. The molecule has 0 aliphatic heterocycles. The number of hydrogen-bond acceptors (Lipinski definition) is 4. The molecule has 0 heterocycles.